The number of allylic oxidation sites excluding steroid dienone is 6. The molecule has 0 unspecified atom stereocenters. The Kier molecular flexibility index (Phi) is 4.62. The number of aromatic nitrogens is 1. The van der Waals surface area contributed by atoms with E-state index in [-0.39, 0.29) is 0 Å². The van der Waals surface area contributed by atoms with Crippen LogP contribution in [0.1, 0.15) is 5.89 Å². The third kappa shape index (κ3) is 3.42. The maximum Gasteiger partial charge on any atom is 0.373 e. The molecule has 0 atom stereocenters. The van der Waals surface area contributed by atoms with Gasteiger partial charge in [-0.15, -0.1) is 0 Å². The Morgan fingerprint density at radius 3 is 2.48 bits per heavy atom. The van der Waals surface area contributed by atoms with E-state index in [1.54, 1.807) is 0 Å². The first-order valence-electron chi connectivity index (χ1n) is 8.84. The van der Waals surface area contributed by atoms with E-state index in [4.69, 9.17) is 9.15 Å². The highest BCUT2D eigenvalue weighted by molar-refractivity contribution is 5.69. The van der Waals surface area contributed by atoms with Crippen molar-refractivity contribution in [2.75, 3.05) is 11.9 Å². The van der Waals surface area contributed by atoms with Gasteiger partial charge in [-0.1, -0.05) is 54.6 Å². The lowest BCUT2D eigenvalue weighted by atomic mass is 10.3. The van der Waals surface area contributed by atoms with Crippen molar-refractivity contribution in [2.45, 2.75) is 0 Å². The highest BCUT2D eigenvalue weighted by atomic mass is 16.5. The van der Waals surface area contributed by atoms with Crippen molar-refractivity contribution >= 4 is 22.9 Å². The van der Waals surface area contributed by atoms with Gasteiger partial charge in [-0.3, -0.25) is 0 Å². The lowest BCUT2D eigenvalue weighted by Gasteiger charge is -2.09. The number of hydrogen-bond acceptors (Lipinski definition) is 3. The minimum absolute atomic E-state index is 0.811. The topological polar surface area (TPSA) is 29.5 Å². The van der Waals surface area contributed by atoms with Gasteiger partial charge in [-0.2, -0.15) is 4.57 Å². The Balaban J connectivity index is 1.38. The van der Waals surface area contributed by atoms with Crippen molar-refractivity contribution < 1.29 is 13.7 Å². The molecular formula is C23H21N2O2+. The van der Waals surface area contributed by atoms with Gasteiger partial charge in [0.05, 0.1) is 11.8 Å². The van der Waals surface area contributed by atoms with Gasteiger partial charge in [-0.05, 0) is 24.3 Å². The molecule has 2 heterocycles. The number of rotatable bonds is 4. The van der Waals surface area contributed by atoms with Gasteiger partial charge in [-0.25, -0.2) is 0 Å². The number of hydrogen-bond donors (Lipinski definition) is 0. The molecule has 0 N–H and O–H groups in total. The first kappa shape index (κ1) is 16.9. The zero-order valence-electron chi connectivity index (χ0n) is 15.4. The molecule has 4 rings (SSSR count). The molecule has 1 aliphatic heterocycles. The number of oxazole rings is 1. The molecule has 0 spiro atoms. The average Bonchev–Trinajstić information content (AvgIpc) is 3.19. The summed E-state index contributed by atoms with van der Waals surface area (Å²) < 4.78 is 13.7. The first-order chi connectivity index (χ1) is 13.2. The zero-order valence-corrected chi connectivity index (χ0v) is 15.4. The smallest absolute Gasteiger partial charge is 0.373 e. The summed E-state index contributed by atoms with van der Waals surface area (Å²) in [4.78, 5) is 2.03. The number of nitrogens with zero attached hydrogens (tertiary/aromatic N) is 2. The van der Waals surface area contributed by atoms with E-state index in [0.717, 1.165) is 34.3 Å². The Bertz CT molecular complexity index is 1090. The number of ether oxygens (including phenoxy) is 1. The molecule has 3 aromatic rings. The minimum atomic E-state index is 0.811. The third-order valence-corrected chi connectivity index (χ3v) is 4.47. The normalized spacial score (nSPS) is 15.6. The fourth-order valence-electron chi connectivity index (χ4n) is 3.00. The lowest BCUT2D eigenvalue weighted by Crippen LogP contribution is -2.29. The molecule has 0 saturated carbocycles. The second-order valence-electron chi connectivity index (χ2n) is 6.23. The second-order valence-corrected chi connectivity index (χ2v) is 6.23. The Labute approximate surface area is 158 Å². The van der Waals surface area contributed by atoms with Crippen LogP contribution in [0.25, 0.3) is 17.2 Å². The molecule has 2 aromatic carbocycles. The van der Waals surface area contributed by atoms with Gasteiger partial charge < -0.3 is 14.1 Å². The molecule has 134 valence electrons. The van der Waals surface area contributed by atoms with Crippen LogP contribution in [-0.2, 0) is 7.05 Å². The molecule has 0 bridgehead atoms. The van der Waals surface area contributed by atoms with Crippen LogP contribution in [0, 0.1) is 0 Å². The number of benzene rings is 2. The molecule has 0 saturated heterocycles. The molecule has 0 amide bonds. The van der Waals surface area contributed by atoms with Crippen molar-refractivity contribution in [3.63, 3.8) is 0 Å². The fourth-order valence-corrected chi connectivity index (χ4v) is 3.00. The minimum Gasteiger partial charge on any atom is -0.439 e. The molecule has 0 fully saturated rings. The largest absolute Gasteiger partial charge is 0.439 e. The monoisotopic (exact) mass is 357 g/mol. The highest BCUT2D eigenvalue weighted by Crippen LogP contribution is 2.37. The summed E-state index contributed by atoms with van der Waals surface area (Å²) in [5.74, 6) is 2.51. The van der Waals surface area contributed by atoms with E-state index < -0.39 is 0 Å². The quantitative estimate of drug-likeness (QED) is 0.498. The summed E-state index contributed by atoms with van der Waals surface area (Å²) in [6.45, 7) is 0. The van der Waals surface area contributed by atoms with E-state index in [9.17, 15) is 0 Å². The van der Waals surface area contributed by atoms with Crippen molar-refractivity contribution in [1.29, 1.82) is 0 Å². The van der Waals surface area contributed by atoms with Crippen LogP contribution in [0.5, 0.6) is 5.75 Å². The van der Waals surface area contributed by atoms with Crippen molar-refractivity contribution in [3.05, 3.63) is 96.8 Å². The predicted octanol–water partition coefficient (Wildman–Crippen LogP) is 4.75. The van der Waals surface area contributed by atoms with Crippen LogP contribution < -0.4 is 14.2 Å². The Morgan fingerprint density at radius 2 is 1.63 bits per heavy atom. The standard InChI is InChI=1S/C23H21N2O2/c1-24-18-12-8-10-14-20(18)26-22(24)16-6-4-3-5-7-17-23-25(2)19-13-9-11-15-21(19)27-23/h3-17H,1-2H3/q+1. The van der Waals surface area contributed by atoms with Gasteiger partial charge >= 0.3 is 5.89 Å². The predicted molar refractivity (Wildman–Crippen MR) is 108 cm³/mol. The van der Waals surface area contributed by atoms with Crippen LogP contribution >= 0.6 is 0 Å². The van der Waals surface area contributed by atoms with E-state index in [1.807, 2.05) is 115 Å². The number of aryl methyl sites for hydroxylation is 1. The molecular weight excluding hydrogens is 336 g/mol. The Hall–Kier alpha value is -3.53. The van der Waals surface area contributed by atoms with Crippen LogP contribution in [0.2, 0.25) is 0 Å². The van der Waals surface area contributed by atoms with Gasteiger partial charge in [0, 0.05) is 13.1 Å². The molecule has 0 aliphatic carbocycles. The molecule has 4 nitrogen and oxygen atoms in total. The summed E-state index contributed by atoms with van der Waals surface area (Å²) in [6, 6.07) is 16.0. The van der Waals surface area contributed by atoms with Crippen LogP contribution in [0.15, 0.2) is 95.3 Å². The second kappa shape index (κ2) is 7.38. The van der Waals surface area contributed by atoms with Gasteiger partial charge in [0.15, 0.2) is 11.6 Å². The SMILES string of the molecule is CN1/C(=C/C=C/C=C/C=C/c2oc3ccccc3[n+]2C)Oc2ccccc21. The summed E-state index contributed by atoms with van der Waals surface area (Å²) in [6.07, 6.45) is 13.7. The van der Waals surface area contributed by atoms with E-state index in [2.05, 4.69) is 0 Å². The molecule has 27 heavy (non-hydrogen) atoms. The Morgan fingerprint density at radius 1 is 0.889 bits per heavy atom. The maximum absolute atomic E-state index is 5.83. The third-order valence-electron chi connectivity index (χ3n) is 4.47. The fraction of sp³-hybridized carbons (Fsp3) is 0.0870. The summed E-state index contributed by atoms with van der Waals surface area (Å²) >= 11 is 0. The number of anilines is 1. The van der Waals surface area contributed by atoms with Crippen molar-refractivity contribution in [2.24, 2.45) is 7.05 Å². The van der Waals surface area contributed by atoms with Crippen molar-refractivity contribution in [1.82, 2.24) is 0 Å². The lowest BCUT2D eigenvalue weighted by molar-refractivity contribution is -0.652. The zero-order chi connectivity index (χ0) is 18.6. The number of para-hydroxylation sites is 4. The molecule has 0 radical (unpaired) electrons. The molecule has 4 heteroatoms. The van der Waals surface area contributed by atoms with Gasteiger partial charge in [0.2, 0.25) is 5.58 Å². The highest BCUT2D eigenvalue weighted by Gasteiger charge is 2.21. The van der Waals surface area contributed by atoms with Gasteiger partial charge in [0.1, 0.15) is 7.05 Å². The van der Waals surface area contributed by atoms with E-state index in [0.29, 0.717) is 0 Å². The summed E-state index contributed by atoms with van der Waals surface area (Å²) in [5, 5.41) is 0. The molecule has 1 aromatic heterocycles. The van der Waals surface area contributed by atoms with Crippen LogP contribution in [0.3, 0.4) is 0 Å². The number of fused-ring (bicyclic) bond motifs is 2. The van der Waals surface area contributed by atoms with Gasteiger partial charge in [0.25, 0.3) is 5.52 Å². The van der Waals surface area contributed by atoms with E-state index in [1.165, 1.54) is 0 Å². The van der Waals surface area contributed by atoms with Crippen LogP contribution in [0.4, 0.5) is 5.69 Å². The van der Waals surface area contributed by atoms with Crippen LogP contribution in [-0.4, -0.2) is 7.05 Å². The van der Waals surface area contributed by atoms with Crippen molar-refractivity contribution in [3.8, 4) is 5.75 Å². The summed E-state index contributed by atoms with van der Waals surface area (Å²) in [5.41, 5.74) is 3.04. The molecule has 1 aliphatic rings. The average molecular weight is 357 g/mol. The van der Waals surface area contributed by atoms with E-state index >= 15 is 0 Å². The first-order valence-corrected chi connectivity index (χ1v) is 8.84. The summed E-state index contributed by atoms with van der Waals surface area (Å²) in [7, 11) is 3.99. The maximum atomic E-state index is 5.83.